The van der Waals surface area contributed by atoms with E-state index in [4.69, 9.17) is 5.11 Å². The van der Waals surface area contributed by atoms with Crippen LogP contribution in [-0.2, 0) is 17.8 Å². The van der Waals surface area contributed by atoms with E-state index in [1.54, 1.807) is 0 Å². The van der Waals surface area contributed by atoms with Crippen LogP contribution in [0.5, 0.6) is 0 Å². The number of benzene rings is 1. The summed E-state index contributed by atoms with van der Waals surface area (Å²) in [5.41, 5.74) is 2.63. The molecule has 94 valence electrons. The molecule has 2 N–H and O–H groups in total. The van der Waals surface area contributed by atoms with E-state index < -0.39 is 5.97 Å². The van der Waals surface area contributed by atoms with Crippen molar-refractivity contribution in [3.05, 3.63) is 35.4 Å². The predicted molar refractivity (Wildman–Crippen MR) is 69.0 cm³/mol. The molecule has 17 heavy (non-hydrogen) atoms. The Balaban J connectivity index is 2.11. The summed E-state index contributed by atoms with van der Waals surface area (Å²) >= 11 is 0. The van der Waals surface area contributed by atoms with Crippen LogP contribution < -0.4 is 5.32 Å². The summed E-state index contributed by atoms with van der Waals surface area (Å²) in [5, 5.41) is 11.8. The second-order valence-electron chi connectivity index (χ2n) is 4.20. The number of unbranched alkanes of at least 4 members (excludes halogenated alkanes) is 1. The Morgan fingerprint density at radius 2 is 1.82 bits per heavy atom. The largest absolute Gasteiger partial charge is 0.481 e. The molecule has 1 aromatic rings. The molecule has 0 amide bonds. The third-order valence-electron chi connectivity index (χ3n) is 2.75. The Bertz CT molecular complexity index is 333. The second-order valence-corrected chi connectivity index (χ2v) is 4.20. The second kappa shape index (κ2) is 7.85. The molecular formula is C14H21NO2. The third-order valence-corrected chi connectivity index (χ3v) is 2.75. The number of hydrogen-bond acceptors (Lipinski definition) is 2. The summed E-state index contributed by atoms with van der Waals surface area (Å²) in [6.07, 6.45) is 3.01. The van der Waals surface area contributed by atoms with Gasteiger partial charge in [-0.15, -0.1) is 0 Å². The van der Waals surface area contributed by atoms with Crippen LogP contribution >= 0.6 is 0 Å². The molecule has 1 rings (SSSR count). The van der Waals surface area contributed by atoms with Gasteiger partial charge in [0.1, 0.15) is 0 Å². The van der Waals surface area contributed by atoms with E-state index in [2.05, 4.69) is 36.5 Å². The van der Waals surface area contributed by atoms with Gasteiger partial charge in [0, 0.05) is 13.0 Å². The van der Waals surface area contributed by atoms with Crippen molar-refractivity contribution in [1.29, 1.82) is 0 Å². The quantitative estimate of drug-likeness (QED) is 0.681. The molecule has 3 heteroatoms. The molecule has 0 aliphatic carbocycles. The summed E-state index contributed by atoms with van der Waals surface area (Å²) in [6.45, 7) is 3.88. The lowest BCUT2D eigenvalue weighted by Crippen LogP contribution is -2.14. The highest BCUT2D eigenvalue weighted by Crippen LogP contribution is 2.04. The Morgan fingerprint density at radius 1 is 1.18 bits per heavy atom. The van der Waals surface area contributed by atoms with Gasteiger partial charge in [-0.05, 0) is 36.9 Å². The Hall–Kier alpha value is -1.35. The van der Waals surface area contributed by atoms with Gasteiger partial charge in [0.15, 0.2) is 0 Å². The van der Waals surface area contributed by atoms with E-state index >= 15 is 0 Å². The molecule has 0 saturated heterocycles. The number of nitrogens with one attached hydrogen (secondary N) is 1. The van der Waals surface area contributed by atoms with Crippen molar-refractivity contribution in [3.8, 4) is 0 Å². The highest BCUT2D eigenvalue weighted by atomic mass is 16.4. The average Bonchev–Trinajstić information content (AvgIpc) is 2.34. The van der Waals surface area contributed by atoms with Gasteiger partial charge in [0.25, 0.3) is 0 Å². The van der Waals surface area contributed by atoms with Crippen LogP contribution in [0.2, 0.25) is 0 Å². The standard InChI is InChI=1S/C14H21NO2/c1-2-12-6-8-13(9-7-12)11-15-10-4-3-5-14(16)17/h6-9,15H,2-5,10-11H2,1H3,(H,16,17). The number of carboxylic acid groups (broad SMARTS) is 1. The van der Waals surface area contributed by atoms with Crippen molar-refractivity contribution >= 4 is 5.97 Å². The van der Waals surface area contributed by atoms with E-state index in [1.807, 2.05) is 0 Å². The van der Waals surface area contributed by atoms with Gasteiger partial charge in [-0.2, -0.15) is 0 Å². The van der Waals surface area contributed by atoms with Crippen molar-refractivity contribution in [2.45, 2.75) is 39.2 Å². The minimum atomic E-state index is -0.708. The SMILES string of the molecule is CCc1ccc(CNCCCCC(=O)O)cc1. The third kappa shape index (κ3) is 6.07. The van der Waals surface area contributed by atoms with Crippen LogP contribution in [0.1, 0.15) is 37.3 Å². The minimum absolute atomic E-state index is 0.271. The van der Waals surface area contributed by atoms with Crippen LogP contribution in [0.25, 0.3) is 0 Å². The maximum absolute atomic E-state index is 10.3. The number of hydrogen-bond donors (Lipinski definition) is 2. The highest BCUT2D eigenvalue weighted by Gasteiger charge is 1.96. The van der Waals surface area contributed by atoms with E-state index in [0.29, 0.717) is 0 Å². The van der Waals surface area contributed by atoms with Gasteiger partial charge in [-0.3, -0.25) is 4.79 Å². The summed E-state index contributed by atoms with van der Waals surface area (Å²) in [4.78, 5) is 10.3. The van der Waals surface area contributed by atoms with E-state index in [1.165, 1.54) is 11.1 Å². The smallest absolute Gasteiger partial charge is 0.303 e. The van der Waals surface area contributed by atoms with Crippen LogP contribution in [0.4, 0.5) is 0 Å². The lowest BCUT2D eigenvalue weighted by Gasteiger charge is -2.05. The molecule has 0 aromatic heterocycles. The number of carboxylic acids is 1. The van der Waals surface area contributed by atoms with E-state index in [-0.39, 0.29) is 6.42 Å². The summed E-state index contributed by atoms with van der Waals surface area (Å²) < 4.78 is 0. The molecule has 0 aliphatic rings. The van der Waals surface area contributed by atoms with Crippen LogP contribution in [0.3, 0.4) is 0 Å². The van der Waals surface area contributed by atoms with Crippen LogP contribution in [-0.4, -0.2) is 17.6 Å². The Labute approximate surface area is 103 Å². The zero-order valence-electron chi connectivity index (χ0n) is 10.4. The fraction of sp³-hybridized carbons (Fsp3) is 0.500. The van der Waals surface area contributed by atoms with E-state index in [9.17, 15) is 4.79 Å². The number of rotatable bonds is 8. The van der Waals surface area contributed by atoms with Gasteiger partial charge >= 0.3 is 5.97 Å². The molecule has 0 radical (unpaired) electrons. The first-order chi connectivity index (χ1) is 8.22. The molecule has 0 atom stereocenters. The Kier molecular flexibility index (Phi) is 6.33. The normalized spacial score (nSPS) is 10.4. The fourth-order valence-corrected chi connectivity index (χ4v) is 1.65. The van der Waals surface area contributed by atoms with E-state index in [0.717, 1.165) is 32.4 Å². The predicted octanol–water partition coefficient (Wildman–Crippen LogP) is 2.59. The number of aliphatic carboxylic acids is 1. The van der Waals surface area contributed by atoms with Crippen molar-refractivity contribution < 1.29 is 9.90 Å². The molecule has 0 fully saturated rings. The topological polar surface area (TPSA) is 49.3 Å². The minimum Gasteiger partial charge on any atom is -0.481 e. The molecular weight excluding hydrogens is 214 g/mol. The lowest BCUT2D eigenvalue weighted by atomic mass is 10.1. The van der Waals surface area contributed by atoms with Crippen molar-refractivity contribution in [3.63, 3.8) is 0 Å². The molecule has 0 saturated carbocycles. The van der Waals surface area contributed by atoms with Crippen LogP contribution in [0.15, 0.2) is 24.3 Å². The highest BCUT2D eigenvalue weighted by molar-refractivity contribution is 5.66. The van der Waals surface area contributed by atoms with Gasteiger partial charge in [-0.1, -0.05) is 31.2 Å². The maximum Gasteiger partial charge on any atom is 0.303 e. The summed E-state index contributed by atoms with van der Waals surface area (Å²) in [5.74, 6) is -0.708. The van der Waals surface area contributed by atoms with Gasteiger partial charge in [0.05, 0.1) is 0 Å². The average molecular weight is 235 g/mol. The molecule has 0 aliphatic heterocycles. The van der Waals surface area contributed by atoms with Gasteiger partial charge in [0.2, 0.25) is 0 Å². The molecule has 0 bridgehead atoms. The summed E-state index contributed by atoms with van der Waals surface area (Å²) in [7, 11) is 0. The van der Waals surface area contributed by atoms with Crippen molar-refractivity contribution in [1.82, 2.24) is 5.32 Å². The number of aryl methyl sites for hydroxylation is 1. The first-order valence-electron chi connectivity index (χ1n) is 6.22. The first-order valence-corrected chi connectivity index (χ1v) is 6.22. The molecule has 0 spiro atoms. The zero-order valence-corrected chi connectivity index (χ0v) is 10.4. The fourth-order valence-electron chi connectivity index (χ4n) is 1.65. The molecule has 0 heterocycles. The van der Waals surface area contributed by atoms with Crippen molar-refractivity contribution in [2.75, 3.05) is 6.54 Å². The zero-order chi connectivity index (χ0) is 12.5. The molecule has 3 nitrogen and oxygen atoms in total. The summed E-state index contributed by atoms with van der Waals surface area (Å²) in [6, 6.07) is 8.59. The van der Waals surface area contributed by atoms with Gasteiger partial charge in [-0.25, -0.2) is 0 Å². The number of carbonyl (C=O) groups is 1. The van der Waals surface area contributed by atoms with Crippen molar-refractivity contribution in [2.24, 2.45) is 0 Å². The maximum atomic E-state index is 10.3. The molecule has 1 aromatic carbocycles. The monoisotopic (exact) mass is 235 g/mol. The van der Waals surface area contributed by atoms with Gasteiger partial charge < -0.3 is 10.4 Å². The first kappa shape index (κ1) is 13.7. The van der Waals surface area contributed by atoms with Crippen LogP contribution in [0, 0.1) is 0 Å². The Morgan fingerprint density at radius 3 is 2.41 bits per heavy atom. The lowest BCUT2D eigenvalue weighted by molar-refractivity contribution is -0.137. The molecule has 0 unspecified atom stereocenters.